The zero-order valence-electron chi connectivity index (χ0n) is 15.0. The van der Waals surface area contributed by atoms with Crippen molar-refractivity contribution in [2.45, 2.75) is 26.4 Å². The van der Waals surface area contributed by atoms with Crippen LogP contribution in [0.25, 0.3) is 5.69 Å². The Labute approximate surface area is 153 Å². The summed E-state index contributed by atoms with van der Waals surface area (Å²) >= 11 is 0. The number of aryl methyl sites for hydroxylation is 1. The monoisotopic (exact) mass is 383 g/mol. The van der Waals surface area contributed by atoms with Gasteiger partial charge in [-0.2, -0.15) is 18.3 Å². The molecule has 0 aliphatic carbocycles. The summed E-state index contributed by atoms with van der Waals surface area (Å²) in [5, 5.41) is 13.0. The molecule has 0 bridgehead atoms. The van der Waals surface area contributed by atoms with Crippen molar-refractivity contribution < 1.29 is 23.1 Å². The number of carbonyl (C=O) groups is 1. The summed E-state index contributed by atoms with van der Waals surface area (Å²) in [6, 6.07) is 5.88. The van der Waals surface area contributed by atoms with Crippen LogP contribution in [0.5, 0.6) is 0 Å². The van der Waals surface area contributed by atoms with Crippen LogP contribution in [0.4, 0.5) is 13.2 Å². The van der Waals surface area contributed by atoms with Crippen molar-refractivity contribution in [2.24, 2.45) is 0 Å². The van der Waals surface area contributed by atoms with Crippen LogP contribution >= 0.6 is 0 Å². The number of nitrogens with zero attached hydrogens (tertiary/aromatic N) is 3. The molecule has 27 heavy (non-hydrogen) atoms. The molecule has 0 aliphatic heterocycles. The number of rotatable bonds is 6. The van der Waals surface area contributed by atoms with E-state index >= 15 is 0 Å². The van der Waals surface area contributed by atoms with Crippen molar-refractivity contribution in [3.8, 4) is 5.69 Å². The van der Waals surface area contributed by atoms with Crippen LogP contribution in [-0.4, -0.2) is 45.4 Å². The standard InChI is InChI=1S/C18H20F3N3O3/c1-3-8-23(9-10-25)17(27)16-15(26)11-12(2)24(22-16)14-7-5-4-6-13(14)18(19,20)21/h4-7,11,25H,3,8-10H2,1-2H3. The Kier molecular flexibility index (Phi) is 6.37. The predicted octanol–water partition coefficient (Wildman–Crippen LogP) is 2.40. The molecular formula is C18H20F3N3O3. The number of aliphatic hydroxyl groups is 1. The van der Waals surface area contributed by atoms with Crippen LogP contribution in [0, 0.1) is 6.92 Å². The van der Waals surface area contributed by atoms with Crippen LogP contribution in [0.15, 0.2) is 35.1 Å². The molecule has 6 nitrogen and oxygen atoms in total. The number of hydrogen-bond donors (Lipinski definition) is 1. The van der Waals surface area contributed by atoms with Crippen molar-refractivity contribution >= 4 is 5.91 Å². The first-order valence-electron chi connectivity index (χ1n) is 8.38. The van der Waals surface area contributed by atoms with Crippen molar-refractivity contribution in [3.05, 3.63) is 57.5 Å². The zero-order chi connectivity index (χ0) is 20.2. The van der Waals surface area contributed by atoms with Gasteiger partial charge >= 0.3 is 6.18 Å². The summed E-state index contributed by atoms with van der Waals surface area (Å²) in [5.74, 6) is -0.728. The van der Waals surface area contributed by atoms with Gasteiger partial charge in [0.1, 0.15) is 0 Å². The van der Waals surface area contributed by atoms with Crippen LogP contribution in [0.2, 0.25) is 0 Å². The van der Waals surface area contributed by atoms with E-state index in [9.17, 15) is 22.8 Å². The van der Waals surface area contributed by atoms with E-state index in [2.05, 4.69) is 5.10 Å². The van der Waals surface area contributed by atoms with Gasteiger partial charge in [-0.05, 0) is 25.5 Å². The lowest BCUT2D eigenvalue weighted by Crippen LogP contribution is -2.38. The topological polar surface area (TPSA) is 75.4 Å². The number of carbonyl (C=O) groups excluding carboxylic acids is 1. The van der Waals surface area contributed by atoms with Crippen molar-refractivity contribution in [1.82, 2.24) is 14.7 Å². The normalized spacial score (nSPS) is 11.5. The molecule has 0 unspecified atom stereocenters. The number of halogens is 3. The third-order valence-electron chi connectivity index (χ3n) is 3.90. The molecule has 1 N–H and O–H groups in total. The molecule has 0 saturated carbocycles. The minimum absolute atomic E-state index is 0.000801. The van der Waals surface area contributed by atoms with E-state index in [1.165, 1.54) is 30.0 Å². The quantitative estimate of drug-likeness (QED) is 0.831. The fourth-order valence-corrected chi connectivity index (χ4v) is 2.69. The van der Waals surface area contributed by atoms with Crippen molar-refractivity contribution in [3.63, 3.8) is 0 Å². The maximum Gasteiger partial charge on any atom is 0.418 e. The summed E-state index contributed by atoms with van der Waals surface area (Å²) in [5.41, 5.74) is -2.21. The first-order valence-corrected chi connectivity index (χ1v) is 8.38. The molecule has 1 aromatic carbocycles. The molecule has 0 fully saturated rings. The van der Waals surface area contributed by atoms with Gasteiger partial charge < -0.3 is 10.0 Å². The lowest BCUT2D eigenvalue weighted by Gasteiger charge is -2.21. The minimum Gasteiger partial charge on any atom is -0.395 e. The van der Waals surface area contributed by atoms with E-state index in [1.807, 2.05) is 6.92 Å². The molecule has 2 rings (SSSR count). The second-order valence-corrected chi connectivity index (χ2v) is 5.94. The van der Waals surface area contributed by atoms with Gasteiger partial charge in [0.2, 0.25) is 5.43 Å². The Morgan fingerprint density at radius 1 is 1.26 bits per heavy atom. The van der Waals surface area contributed by atoms with E-state index in [0.717, 1.165) is 16.8 Å². The van der Waals surface area contributed by atoms with E-state index in [4.69, 9.17) is 5.11 Å². The minimum atomic E-state index is -4.62. The van der Waals surface area contributed by atoms with Gasteiger partial charge in [-0.1, -0.05) is 19.1 Å². The molecule has 0 aliphatic rings. The number of aliphatic hydroxyl groups excluding tert-OH is 1. The van der Waals surface area contributed by atoms with Crippen molar-refractivity contribution in [2.75, 3.05) is 19.7 Å². The average Bonchev–Trinajstić information content (AvgIpc) is 2.60. The summed E-state index contributed by atoms with van der Waals surface area (Å²) in [7, 11) is 0. The Morgan fingerprint density at radius 3 is 2.52 bits per heavy atom. The number of para-hydroxylation sites is 1. The van der Waals surface area contributed by atoms with Gasteiger partial charge in [0.15, 0.2) is 5.69 Å². The first kappa shape index (κ1) is 20.6. The predicted molar refractivity (Wildman–Crippen MR) is 92.9 cm³/mol. The highest BCUT2D eigenvalue weighted by Gasteiger charge is 2.34. The molecule has 9 heteroatoms. The van der Waals surface area contributed by atoms with Gasteiger partial charge in [0, 0.05) is 24.8 Å². The summed E-state index contributed by atoms with van der Waals surface area (Å²) in [6.45, 7) is 3.24. The molecule has 1 heterocycles. The Morgan fingerprint density at radius 2 is 1.93 bits per heavy atom. The maximum atomic E-state index is 13.3. The average molecular weight is 383 g/mol. The number of benzene rings is 1. The maximum absolute atomic E-state index is 13.3. The zero-order valence-corrected chi connectivity index (χ0v) is 15.0. The van der Waals surface area contributed by atoms with E-state index in [0.29, 0.717) is 6.42 Å². The van der Waals surface area contributed by atoms with Crippen LogP contribution in [-0.2, 0) is 6.18 Å². The molecule has 0 saturated heterocycles. The number of amides is 1. The highest BCUT2D eigenvalue weighted by molar-refractivity contribution is 5.92. The molecule has 146 valence electrons. The number of hydrogen-bond acceptors (Lipinski definition) is 4. The Balaban J connectivity index is 2.61. The molecule has 2 aromatic rings. The van der Waals surface area contributed by atoms with Crippen LogP contribution < -0.4 is 5.43 Å². The molecule has 0 radical (unpaired) electrons. The van der Waals surface area contributed by atoms with E-state index in [-0.39, 0.29) is 31.1 Å². The third-order valence-corrected chi connectivity index (χ3v) is 3.90. The van der Waals surface area contributed by atoms with Gasteiger partial charge in [-0.3, -0.25) is 9.59 Å². The smallest absolute Gasteiger partial charge is 0.395 e. The fourth-order valence-electron chi connectivity index (χ4n) is 2.69. The number of aromatic nitrogens is 2. The van der Waals surface area contributed by atoms with Gasteiger partial charge in [0.05, 0.1) is 17.9 Å². The molecule has 1 amide bonds. The lowest BCUT2D eigenvalue weighted by molar-refractivity contribution is -0.137. The number of alkyl halides is 3. The SMILES string of the molecule is CCCN(CCO)C(=O)c1nn(-c2ccccc2C(F)(F)F)c(C)cc1=O. The first-order chi connectivity index (χ1) is 12.7. The lowest BCUT2D eigenvalue weighted by atomic mass is 10.1. The van der Waals surface area contributed by atoms with Gasteiger partial charge in [-0.25, -0.2) is 4.68 Å². The highest BCUT2D eigenvalue weighted by atomic mass is 19.4. The molecule has 1 aromatic heterocycles. The summed E-state index contributed by atoms with van der Waals surface area (Å²) < 4.78 is 40.9. The van der Waals surface area contributed by atoms with E-state index in [1.54, 1.807) is 0 Å². The largest absolute Gasteiger partial charge is 0.418 e. The van der Waals surface area contributed by atoms with Gasteiger partial charge in [-0.15, -0.1) is 0 Å². The summed E-state index contributed by atoms with van der Waals surface area (Å²) in [6.07, 6.45) is -4.04. The summed E-state index contributed by atoms with van der Waals surface area (Å²) in [4.78, 5) is 26.1. The van der Waals surface area contributed by atoms with Crippen LogP contribution in [0.1, 0.15) is 35.1 Å². The molecule has 0 spiro atoms. The second-order valence-electron chi connectivity index (χ2n) is 5.94. The van der Waals surface area contributed by atoms with Crippen molar-refractivity contribution in [1.29, 1.82) is 0 Å². The molecule has 0 atom stereocenters. The second kappa shape index (κ2) is 8.34. The van der Waals surface area contributed by atoms with Crippen LogP contribution in [0.3, 0.4) is 0 Å². The fraction of sp³-hybridized carbons (Fsp3) is 0.389. The Hall–Kier alpha value is -2.68. The Bertz CT molecular complexity index is 872. The third kappa shape index (κ3) is 4.54. The van der Waals surface area contributed by atoms with Gasteiger partial charge in [0.25, 0.3) is 5.91 Å². The van der Waals surface area contributed by atoms with E-state index < -0.39 is 28.8 Å². The highest BCUT2D eigenvalue weighted by Crippen LogP contribution is 2.33. The molecular weight excluding hydrogens is 363 g/mol.